The van der Waals surface area contributed by atoms with Crippen LogP contribution >= 0.6 is 0 Å². The number of amides is 5. The number of nitrogens with one attached hydrogen (secondary N) is 2. The summed E-state index contributed by atoms with van der Waals surface area (Å²) in [6.45, 7) is 5.98. The summed E-state index contributed by atoms with van der Waals surface area (Å²) in [5.74, 6) is -1.96. The highest BCUT2D eigenvalue weighted by Gasteiger charge is 2.45. The molecule has 2 N–H and O–H groups in total. The lowest BCUT2D eigenvalue weighted by Gasteiger charge is -2.27. The van der Waals surface area contributed by atoms with Crippen molar-refractivity contribution in [2.75, 3.05) is 6.54 Å². The van der Waals surface area contributed by atoms with Crippen molar-refractivity contribution in [2.24, 2.45) is 0 Å². The summed E-state index contributed by atoms with van der Waals surface area (Å²) in [7, 11) is 0. The van der Waals surface area contributed by atoms with Crippen molar-refractivity contribution < 1.29 is 28.7 Å². The maximum Gasteiger partial charge on any atom is 0.407 e. The number of nitrogens with zero attached hydrogens (tertiary/aromatic N) is 1. The Labute approximate surface area is 193 Å². The number of piperidine rings is 1. The van der Waals surface area contributed by atoms with Crippen LogP contribution in [0.25, 0.3) is 0 Å². The zero-order valence-corrected chi connectivity index (χ0v) is 19.4. The molecule has 5 amide bonds. The number of carbonyl (C=O) groups excluding carboxylic acids is 5. The number of alkyl carbamates (subject to hydrolysis) is 1. The molecule has 33 heavy (non-hydrogen) atoms. The zero-order chi connectivity index (χ0) is 24.2. The van der Waals surface area contributed by atoms with Gasteiger partial charge in [-0.3, -0.25) is 29.4 Å². The van der Waals surface area contributed by atoms with Crippen LogP contribution in [0.15, 0.2) is 18.2 Å². The van der Waals surface area contributed by atoms with E-state index in [2.05, 4.69) is 10.6 Å². The van der Waals surface area contributed by atoms with Gasteiger partial charge in [-0.05, 0) is 58.1 Å². The molecule has 2 aliphatic rings. The van der Waals surface area contributed by atoms with Crippen molar-refractivity contribution in [3.05, 3.63) is 34.9 Å². The molecule has 2 aliphatic heterocycles. The maximum absolute atomic E-state index is 13.1. The summed E-state index contributed by atoms with van der Waals surface area (Å²) in [4.78, 5) is 62.2. The molecule has 1 fully saturated rings. The number of benzene rings is 1. The van der Waals surface area contributed by atoms with E-state index in [1.165, 1.54) is 0 Å². The molecule has 1 atom stereocenters. The molecular weight excluding hydrogens is 426 g/mol. The SMILES string of the molecule is CC(C)(C)OC(=O)NCCCCCCc1cccc2c1C(=O)N(C1CCC(=O)NC1=O)C2=O. The summed E-state index contributed by atoms with van der Waals surface area (Å²) in [5, 5.41) is 4.94. The predicted octanol–water partition coefficient (Wildman–Crippen LogP) is 2.72. The highest BCUT2D eigenvalue weighted by Crippen LogP contribution is 2.30. The highest BCUT2D eigenvalue weighted by molar-refractivity contribution is 6.24. The molecular formula is C24H31N3O6. The van der Waals surface area contributed by atoms with Crippen LogP contribution in [-0.4, -0.2) is 52.8 Å². The van der Waals surface area contributed by atoms with Crippen LogP contribution in [0, 0.1) is 0 Å². The van der Waals surface area contributed by atoms with E-state index >= 15 is 0 Å². The normalized spacial score (nSPS) is 18.3. The predicted molar refractivity (Wildman–Crippen MR) is 120 cm³/mol. The largest absolute Gasteiger partial charge is 0.444 e. The molecule has 0 spiro atoms. The van der Waals surface area contributed by atoms with E-state index in [1.54, 1.807) is 12.1 Å². The third-order valence-corrected chi connectivity index (χ3v) is 5.60. The Morgan fingerprint density at radius 1 is 1.09 bits per heavy atom. The Morgan fingerprint density at radius 2 is 1.82 bits per heavy atom. The number of aryl methyl sites for hydroxylation is 1. The van der Waals surface area contributed by atoms with Gasteiger partial charge in [-0.1, -0.05) is 25.0 Å². The molecule has 178 valence electrons. The first-order valence-corrected chi connectivity index (χ1v) is 11.4. The van der Waals surface area contributed by atoms with Crippen LogP contribution in [0.5, 0.6) is 0 Å². The van der Waals surface area contributed by atoms with Crippen LogP contribution < -0.4 is 10.6 Å². The first kappa shape index (κ1) is 24.4. The van der Waals surface area contributed by atoms with Gasteiger partial charge in [0, 0.05) is 13.0 Å². The van der Waals surface area contributed by atoms with Gasteiger partial charge < -0.3 is 10.1 Å². The minimum atomic E-state index is -0.958. The van der Waals surface area contributed by atoms with Gasteiger partial charge in [0.15, 0.2) is 0 Å². The molecule has 1 aromatic carbocycles. The lowest BCUT2D eigenvalue weighted by atomic mass is 9.97. The third kappa shape index (κ3) is 5.97. The average Bonchev–Trinajstić information content (AvgIpc) is 2.97. The van der Waals surface area contributed by atoms with Crippen molar-refractivity contribution >= 4 is 29.7 Å². The topological polar surface area (TPSA) is 122 Å². The zero-order valence-electron chi connectivity index (χ0n) is 19.4. The first-order chi connectivity index (χ1) is 15.6. The molecule has 9 nitrogen and oxygen atoms in total. The van der Waals surface area contributed by atoms with E-state index in [-0.39, 0.29) is 12.8 Å². The van der Waals surface area contributed by atoms with Gasteiger partial charge >= 0.3 is 6.09 Å². The number of imide groups is 2. The van der Waals surface area contributed by atoms with Crippen LogP contribution in [0.2, 0.25) is 0 Å². The van der Waals surface area contributed by atoms with Crippen molar-refractivity contribution in [1.82, 2.24) is 15.5 Å². The van der Waals surface area contributed by atoms with Crippen molar-refractivity contribution in [3.8, 4) is 0 Å². The van der Waals surface area contributed by atoms with Crippen molar-refractivity contribution in [1.29, 1.82) is 0 Å². The number of rotatable bonds is 8. The molecule has 0 radical (unpaired) electrons. The van der Waals surface area contributed by atoms with Gasteiger partial charge in [-0.2, -0.15) is 0 Å². The second kappa shape index (κ2) is 10.1. The Morgan fingerprint density at radius 3 is 2.52 bits per heavy atom. The van der Waals surface area contributed by atoms with E-state index in [9.17, 15) is 24.0 Å². The second-order valence-corrected chi connectivity index (χ2v) is 9.38. The number of unbranched alkanes of at least 4 members (excludes halogenated alkanes) is 3. The van der Waals surface area contributed by atoms with Crippen LogP contribution in [0.3, 0.4) is 0 Å². The van der Waals surface area contributed by atoms with E-state index in [0.717, 1.165) is 36.1 Å². The quantitative estimate of drug-likeness (QED) is 0.457. The highest BCUT2D eigenvalue weighted by atomic mass is 16.6. The summed E-state index contributed by atoms with van der Waals surface area (Å²) in [5.41, 5.74) is 0.933. The summed E-state index contributed by atoms with van der Waals surface area (Å²) in [6, 6.07) is 4.23. The number of hydrogen-bond donors (Lipinski definition) is 2. The summed E-state index contributed by atoms with van der Waals surface area (Å²) < 4.78 is 5.19. The molecule has 1 unspecified atom stereocenters. The minimum Gasteiger partial charge on any atom is -0.444 e. The number of fused-ring (bicyclic) bond motifs is 1. The van der Waals surface area contributed by atoms with Gasteiger partial charge in [0.1, 0.15) is 11.6 Å². The average molecular weight is 458 g/mol. The van der Waals surface area contributed by atoms with Gasteiger partial charge in [0.05, 0.1) is 11.1 Å². The second-order valence-electron chi connectivity index (χ2n) is 9.38. The number of hydrogen-bond acceptors (Lipinski definition) is 6. The molecule has 0 aliphatic carbocycles. The molecule has 0 aromatic heterocycles. The minimum absolute atomic E-state index is 0.0967. The molecule has 1 saturated heterocycles. The van der Waals surface area contributed by atoms with E-state index in [4.69, 9.17) is 4.74 Å². The molecule has 3 rings (SSSR count). The molecule has 0 saturated carbocycles. The summed E-state index contributed by atoms with van der Waals surface area (Å²) in [6.07, 6.45) is 3.88. The monoisotopic (exact) mass is 457 g/mol. The Kier molecular flexibility index (Phi) is 7.50. The fraction of sp³-hybridized carbons (Fsp3) is 0.542. The van der Waals surface area contributed by atoms with E-state index in [0.29, 0.717) is 24.1 Å². The standard InChI is InChI=1S/C24H31N3O6/c1-24(2,3)33-23(32)25-14-7-5-4-6-9-15-10-8-11-16-19(15)22(31)27(21(16)30)17-12-13-18(28)26-20(17)29/h8,10-11,17H,4-7,9,12-14H2,1-3H3,(H,25,32)(H,26,28,29). The fourth-order valence-electron chi connectivity index (χ4n) is 4.09. The van der Waals surface area contributed by atoms with Gasteiger partial charge in [-0.15, -0.1) is 0 Å². The Hall–Kier alpha value is -3.23. The Balaban J connectivity index is 1.50. The molecule has 0 bridgehead atoms. The van der Waals surface area contributed by atoms with Crippen LogP contribution in [0.1, 0.15) is 85.6 Å². The maximum atomic E-state index is 13.1. The van der Waals surface area contributed by atoms with Gasteiger partial charge in [0.2, 0.25) is 11.8 Å². The van der Waals surface area contributed by atoms with Crippen LogP contribution in [-0.2, 0) is 20.7 Å². The molecule has 2 heterocycles. The molecule has 1 aromatic rings. The van der Waals surface area contributed by atoms with E-state index < -0.39 is 41.4 Å². The van der Waals surface area contributed by atoms with Gasteiger partial charge in [-0.25, -0.2) is 4.79 Å². The molecule has 9 heteroatoms. The van der Waals surface area contributed by atoms with Crippen LogP contribution in [0.4, 0.5) is 4.79 Å². The van der Waals surface area contributed by atoms with E-state index in [1.807, 2.05) is 26.8 Å². The first-order valence-electron chi connectivity index (χ1n) is 11.4. The fourth-order valence-corrected chi connectivity index (χ4v) is 4.09. The number of carbonyl (C=O) groups is 5. The smallest absolute Gasteiger partial charge is 0.407 e. The Bertz CT molecular complexity index is 965. The summed E-state index contributed by atoms with van der Waals surface area (Å²) >= 11 is 0. The van der Waals surface area contributed by atoms with Crippen molar-refractivity contribution in [2.45, 2.75) is 77.4 Å². The lowest BCUT2D eigenvalue weighted by Crippen LogP contribution is -2.54. The lowest BCUT2D eigenvalue weighted by molar-refractivity contribution is -0.136. The number of ether oxygens (including phenoxy) is 1. The van der Waals surface area contributed by atoms with Crippen molar-refractivity contribution in [3.63, 3.8) is 0 Å². The van der Waals surface area contributed by atoms with Gasteiger partial charge in [0.25, 0.3) is 11.8 Å². The third-order valence-electron chi connectivity index (χ3n) is 5.60.